The third kappa shape index (κ3) is 16.3. The van der Waals surface area contributed by atoms with Crippen molar-refractivity contribution in [3.05, 3.63) is 0 Å². The first-order valence-electron chi connectivity index (χ1n) is 4.66. The van der Waals surface area contributed by atoms with Gasteiger partial charge < -0.3 is 45.0 Å². The van der Waals surface area contributed by atoms with Crippen molar-refractivity contribution in [1.82, 2.24) is 0 Å². The van der Waals surface area contributed by atoms with Crippen molar-refractivity contribution in [2.24, 2.45) is 0 Å². The van der Waals surface area contributed by atoms with Gasteiger partial charge in [-0.15, -0.1) is 0 Å². The first-order valence-corrected chi connectivity index (χ1v) is 4.66. The Kier molecular flexibility index (Phi) is 19.0. The summed E-state index contributed by atoms with van der Waals surface area (Å²) < 4.78 is 0. The fourth-order valence-electron chi connectivity index (χ4n) is 0.684. The average Bonchev–Trinajstić information content (AvgIpc) is 2.14. The first-order chi connectivity index (χ1) is 8.42. The van der Waals surface area contributed by atoms with E-state index >= 15 is 0 Å². The van der Waals surface area contributed by atoms with Crippen LogP contribution in [-0.2, 0) is 19.2 Å². The summed E-state index contributed by atoms with van der Waals surface area (Å²) in [5.74, 6) is -7.17. The minimum Gasteiger partial charge on any atom is -0.550 e. The Bertz CT molecular complexity index is 354. The fourth-order valence-corrected chi connectivity index (χ4v) is 0.684. The van der Waals surface area contributed by atoms with Crippen LogP contribution in [0.15, 0.2) is 0 Å². The summed E-state index contributed by atoms with van der Waals surface area (Å²) in [5, 5.41) is 54.7. The molecule has 1 unspecified atom stereocenters. The molecular weight excluding hydrogens is 331 g/mol. The molecule has 0 aliphatic heterocycles. The van der Waals surface area contributed by atoms with Gasteiger partial charge in [0.15, 0.2) is 0 Å². The van der Waals surface area contributed by atoms with E-state index < -0.39 is 48.4 Å². The predicted octanol–water partition coefficient (Wildman–Crippen LogP) is -9.18. The van der Waals surface area contributed by atoms with Gasteiger partial charge in [-0.25, -0.2) is 4.79 Å². The molecule has 0 aromatic carbocycles. The Morgan fingerprint density at radius 1 is 1.05 bits per heavy atom. The third-order valence-electron chi connectivity index (χ3n) is 1.61. The van der Waals surface area contributed by atoms with Gasteiger partial charge in [0.2, 0.25) is 0 Å². The molecule has 1 atom stereocenters. The summed E-state index contributed by atoms with van der Waals surface area (Å²) in [7, 11) is 0. The number of carboxylic acid groups (broad SMARTS) is 4. The molecule has 0 radical (unpaired) electrons. The van der Waals surface area contributed by atoms with E-state index in [0.29, 0.717) is 0 Å². The second-order valence-corrected chi connectivity index (χ2v) is 3.43. The zero-order valence-electron chi connectivity index (χ0n) is 11.4. The largest absolute Gasteiger partial charge is 2.00 e. The summed E-state index contributed by atoms with van der Waals surface area (Å²) in [6.45, 7) is 1.20. The van der Waals surface area contributed by atoms with Crippen molar-refractivity contribution >= 4 is 61.6 Å². The second kappa shape index (κ2) is 13.7. The van der Waals surface area contributed by atoms with Crippen molar-refractivity contribution < 1.29 is 79.4 Å². The van der Waals surface area contributed by atoms with Crippen molar-refractivity contribution in [3.63, 3.8) is 0 Å². The normalized spacial score (nSPS) is 10.6. The van der Waals surface area contributed by atoms with E-state index in [-0.39, 0.29) is 67.3 Å². The maximum Gasteiger partial charge on any atom is 2.00 e. The maximum absolute atomic E-state index is 10.1. The van der Waals surface area contributed by atoms with Gasteiger partial charge in [0.1, 0.15) is 11.7 Å². The van der Waals surface area contributed by atoms with Gasteiger partial charge in [0.25, 0.3) is 0 Å². The number of aliphatic hydroxyl groups is 2. The monoisotopic (exact) mass is 342 g/mol. The topological polar surface area (TPSA) is 198 Å². The zero-order chi connectivity index (χ0) is 15.8. The SMILES string of the molecule is CC(O)C(=O)O.O=C([O-])CC(O)(CC(=O)[O-])C(=O)[O-].[Ca+2].[Na+]. The van der Waals surface area contributed by atoms with Crippen LogP contribution in [-0.4, -0.2) is 88.6 Å². The first kappa shape index (κ1) is 29.1. The Hall–Kier alpha value is 0.0597. The van der Waals surface area contributed by atoms with E-state index in [1.807, 2.05) is 0 Å². The molecule has 21 heavy (non-hydrogen) atoms. The molecule has 110 valence electrons. The van der Waals surface area contributed by atoms with Crippen LogP contribution in [0.25, 0.3) is 0 Å². The molecule has 0 rings (SSSR count). The minimum absolute atomic E-state index is 0. The van der Waals surface area contributed by atoms with E-state index in [4.69, 9.17) is 15.3 Å². The summed E-state index contributed by atoms with van der Waals surface area (Å²) >= 11 is 0. The molecule has 0 saturated carbocycles. The van der Waals surface area contributed by atoms with Crippen LogP contribution in [0.5, 0.6) is 0 Å². The van der Waals surface area contributed by atoms with Crippen LogP contribution >= 0.6 is 0 Å². The molecule has 0 aromatic heterocycles. The van der Waals surface area contributed by atoms with Crippen molar-refractivity contribution in [3.8, 4) is 0 Å². The molecule has 10 nitrogen and oxygen atoms in total. The molecule has 0 fully saturated rings. The number of carboxylic acids is 4. The van der Waals surface area contributed by atoms with Gasteiger partial charge in [0.05, 0.1) is 5.97 Å². The van der Waals surface area contributed by atoms with Crippen molar-refractivity contribution in [2.75, 3.05) is 0 Å². The standard InChI is InChI=1S/C6H8O7.C3H6O3.Ca.Na/c7-3(8)1-6(13,5(11)12)2-4(9)10;1-2(4)3(5)6;;/h13H,1-2H2,(H,7,8)(H,9,10)(H,11,12);2,4H,1H3,(H,5,6);;/q;;+2;+1/p-3. The van der Waals surface area contributed by atoms with E-state index in [9.17, 15) is 34.5 Å². The van der Waals surface area contributed by atoms with Crippen LogP contribution in [0.4, 0.5) is 0 Å². The predicted molar refractivity (Wildman–Crippen MR) is 54.3 cm³/mol. The van der Waals surface area contributed by atoms with Gasteiger partial charge in [-0.2, -0.15) is 0 Å². The van der Waals surface area contributed by atoms with Crippen LogP contribution in [0.1, 0.15) is 19.8 Å². The second-order valence-electron chi connectivity index (χ2n) is 3.43. The van der Waals surface area contributed by atoms with E-state index in [1.54, 1.807) is 0 Å². The number of aliphatic carboxylic acids is 4. The fraction of sp³-hybridized carbons (Fsp3) is 0.556. The van der Waals surface area contributed by atoms with Gasteiger partial charge in [0, 0.05) is 24.8 Å². The summed E-state index contributed by atoms with van der Waals surface area (Å²) in [5.41, 5.74) is -2.97. The molecule has 3 N–H and O–H groups in total. The molecule has 0 aliphatic carbocycles. The Labute approximate surface area is 171 Å². The van der Waals surface area contributed by atoms with Gasteiger partial charge in [-0.1, -0.05) is 0 Å². The van der Waals surface area contributed by atoms with Crippen LogP contribution < -0.4 is 44.9 Å². The molecule has 0 spiro atoms. The molecule has 0 aliphatic rings. The summed E-state index contributed by atoms with van der Waals surface area (Å²) in [6, 6.07) is 0. The Morgan fingerprint density at radius 2 is 1.29 bits per heavy atom. The smallest absolute Gasteiger partial charge is 0.550 e. The van der Waals surface area contributed by atoms with Crippen molar-refractivity contribution in [1.29, 1.82) is 0 Å². The van der Waals surface area contributed by atoms with Gasteiger partial charge in [-0.05, 0) is 6.92 Å². The third-order valence-corrected chi connectivity index (χ3v) is 1.61. The number of aliphatic hydroxyl groups excluding tert-OH is 1. The molecular formula is C9H11CaNaO10. The molecule has 0 heterocycles. The Balaban J connectivity index is -0.000000156. The quantitative estimate of drug-likeness (QED) is 0.389. The van der Waals surface area contributed by atoms with E-state index in [0.717, 1.165) is 0 Å². The van der Waals surface area contributed by atoms with Gasteiger partial charge in [-0.3, -0.25) is 0 Å². The van der Waals surface area contributed by atoms with Crippen LogP contribution in [0, 0.1) is 0 Å². The molecule has 0 bridgehead atoms. The number of hydrogen-bond acceptors (Lipinski definition) is 9. The molecule has 0 saturated heterocycles. The minimum atomic E-state index is -2.97. The number of hydrogen-bond donors (Lipinski definition) is 3. The van der Waals surface area contributed by atoms with Crippen LogP contribution in [0.3, 0.4) is 0 Å². The van der Waals surface area contributed by atoms with Crippen LogP contribution in [0.2, 0.25) is 0 Å². The number of carbonyl (C=O) groups is 4. The molecule has 12 heteroatoms. The summed E-state index contributed by atoms with van der Waals surface area (Å²) in [6.07, 6.45) is -3.95. The molecule has 0 aromatic rings. The number of rotatable bonds is 6. The van der Waals surface area contributed by atoms with Crippen molar-refractivity contribution in [2.45, 2.75) is 31.5 Å². The average molecular weight is 342 g/mol. The van der Waals surface area contributed by atoms with E-state index in [2.05, 4.69) is 0 Å². The van der Waals surface area contributed by atoms with Gasteiger partial charge >= 0.3 is 73.3 Å². The molecule has 0 amide bonds. The van der Waals surface area contributed by atoms with E-state index in [1.165, 1.54) is 6.92 Å². The summed E-state index contributed by atoms with van der Waals surface area (Å²) in [4.78, 5) is 39.4. The zero-order valence-corrected chi connectivity index (χ0v) is 15.6. The Morgan fingerprint density at radius 3 is 1.38 bits per heavy atom. The number of carbonyl (C=O) groups excluding carboxylic acids is 3. The maximum atomic E-state index is 10.1.